The van der Waals surface area contributed by atoms with Gasteiger partial charge < -0.3 is 4.90 Å². The van der Waals surface area contributed by atoms with Crippen molar-refractivity contribution in [2.24, 2.45) is 0 Å². The summed E-state index contributed by atoms with van der Waals surface area (Å²) in [5.41, 5.74) is 6.14. The zero-order chi connectivity index (χ0) is 21.2. The van der Waals surface area contributed by atoms with Gasteiger partial charge >= 0.3 is 0 Å². The van der Waals surface area contributed by atoms with Gasteiger partial charge in [-0.2, -0.15) is 0 Å². The first-order chi connectivity index (χ1) is 15.2. The van der Waals surface area contributed by atoms with E-state index in [4.69, 9.17) is 9.97 Å². The highest BCUT2D eigenvalue weighted by molar-refractivity contribution is 5.84. The maximum atomic E-state index is 5.08. The minimum absolute atomic E-state index is 0.693. The van der Waals surface area contributed by atoms with Crippen molar-refractivity contribution < 1.29 is 0 Å². The second kappa shape index (κ2) is 8.56. The van der Waals surface area contributed by atoms with E-state index in [1.807, 2.05) is 43.3 Å². The lowest BCUT2D eigenvalue weighted by molar-refractivity contribution is 0.272. The zero-order valence-corrected chi connectivity index (χ0v) is 18.3. The lowest BCUT2D eigenvalue weighted by Gasteiger charge is -2.21. The van der Waals surface area contributed by atoms with Gasteiger partial charge in [-0.15, -0.1) is 0 Å². The van der Waals surface area contributed by atoms with Crippen molar-refractivity contribution in [1.82, 2.24) is 19.9 Å². The largest absolute Gasteiger partial charge is 0.300 e. The van der Waals surface area contributed by atoms with Crippen LogP contribution in [0, 0.1) is 6.92 Å². The zero-order valence-electron chi connectivity index (χ0n) is 18.3. The van der Waals surface area contributed by atoms with Crippen molar-refractivity contribution in [3.05, 3.63) is 78.0 Å². The van der Waals surface area contributed by atoms with Gasteiger partial charge in [0.05, 0.1) is 16.9 Å². The van der Waals surface area contributed by atoms with E-state index < -0.39 is 0 Å². The SMILES string of the molecule is Cc1cc(-c2ccc3cccc(CCN4CCC[C@H]4C)c3n2)nc(-c2ccccc2)n1. The van der Waals surface area contributed by atoms with Crippen LogP contribution in [-0.2, 0) is 6.42 Å². The molecule has 156 valence electrons. The van der Waals surface area contributed by atoms with Gasteiger partial charge in [-0.25, -0.2) is 15.0 Å². The first-order valence-corrected chi connectivity index (χ1v) is 11.2. The van der Waals surface area contributed by atoms with E-state index >= 15 is 0 Å². The summed E-state index contributed by atoms with van der Waals surface area (Å²) in [5.74, 6) is 0.744. The second-order valence-electron chi connectivity index (χ2n) is 8.55. The van der Waals surface area contributed by atoms with Crippen LogP contribution in [0.3, 0.4) is 0 Å². The molecule has 5 rings (SSSR count). The first kappa shape index (κ1) is 19.8. The fraction of sp³-hybridized carbons (Fsp3) is 0.296. The van der Waals surface area contributed by atoms with Gasteiger partial charge in [0.2, 0.25) is 0 Å². The number of pyridine rings is 1. The Kier molecular flexibility index (Phi) is 5.47. The van der Waals surface area contributed by atoms with Crippen LogP contribution in [0.4, 0.5) is 0 Å². The van der Waals surface area contributed by atoms with Crippen LogP contribution >= 0.6 is 0 Å². The molecule has 0 aliphatic carbocycles. The molecule has 1 atom stereocenters. The molecule has 0 N–H and O–H groups in total. The number of likely N-dealkylation sites (tertiary alicyclic amines) is 1. The van der Waals surface area contributed by atoms with Gasteiger partial charge in [0.15, 0.2) is 5.82 Å². The fourth-order valence-corrected chi connectivity index (χ4v) is 4.56. The van der Waals surface area contributed by atoms with Crippen LogP contribution in [0.2, 0.25) is 0 Å². The molecule has 0 amide bonds. The number of para-hydroxylation sites is 1. The summed E-state index contributed by atoms with van der Waals surface area (Å²) in [6, 6.07) is 23.6. The number of aromatic nitrogens is 3. The Morgan fingerprint density at radius 1 is 0.903 bits per heavy atom. The van der Waals surface area contributed by atoms with Crippen molar-refractivity contribution in [3.63, 3.8) is 0 Å². The molecule has 0 unspecified atom stereocenters. The molecule has 3 heterocycles. The Hall–Kier alpha value is -3.11. The topological polar surface area (TPSA) is 41.9 Å². The molecular formula is C27H28N4. The Bertz CT molecular complexity index is 1200. The number of nitrogens with zero attached hydrogens (tertiary/aromatic N) is 4. The minimum atomic E-state index is 0.693. The average molecular weight is 409 g/mol. The summed E-state index contributed by atoms with van der Waals surface area (Å²) in [5, 5.41) is 1.18. The van der Waals surface area contributed by atoms with Crippen LogP contribution < -0.4 is 0 Å². The lowest BCUT2D eigenvalue weighted by Crippen LogP contribution is -2.29. The molecule has 0 radical (unpaired) electrons. The summed E-state index contributed by atoms with van der Waals surface area (Å²) < 4.78 is 0. The highest BCUT2D eigenvalue weighted by Crippen LogP contribution is 2.26. The van der Waals surface area contributed by atoms with Crippen molar-refractivity contribution >= 4 is 10.9 Å². The van der Waals surface area contributed by atoms with Crippen molar-refractivity contribution in [2.75, 3.05) is 13.1 Å². The molecule has 0 spiro atoms. The molecule has 4 heteroatoms. The summed E-state index contributed by atoms with van der Waals surface area (Å²) >= 11 is 0. The number of benzene rings is 2. The van der Waals surface area contributed by atoms with E-state index in [9.17, 15) is 0 Å². The highest BCUT2D eigenvalue weighted by Gasteiger charge is 2.20. The van der Waals surface area contributed by atoms with E-state index in [2.05, 4.69) is 47.1 Å². The Morgan fingerprint density at radius 2 is 1.77 bits per heavy atom. The maximum absolute atomic E-state index is 5.08. The van der Waals surface area contributed by atoms with E-state index in [0.29, 0.717) is 6.04 Å². The molecule has 2 aromatic carbocycles. The molecule has 0 saturated carbocycles. The normalized spacial score (nSPS) is 16.8. The maximum Gasteiger partial charge on any atom is 0.160 e. The summed E-state index contributed by atoms with van der Waals surface area (Å²) in [7, 11) is 0. The summed E-state index contributed by atoms with van der Waals surface area (Å²) in [6.45, 7) is 6.67. The number of fused-ring (bicyclic) bond motifs is 1. The van der Waals surface area contributed by atoms with Gasteiger partial charge in [-0.1, -0.05) is 54.6 Å². The van der Waals surface area contributed by atoms with Gasteiger partial charge in [0.25, 0.3) is 0 Å². The summed E-state index contributed by atoms with van der Waals surface area (Å²) in [4.78, 5) is 17.2. The monoisotopic (exact) mass is 408 g/mol. The van der Waals surface area contributed by atoms with Crippen molar-refractivity contribution in [3.8, 4) is 22.8 Å². The van der Waals surface area contributed by atoms with Gasteiger partial charge in [0, 0.05) is 29.2 Å². The second-order valence-corrected chi connectivity index (χ2v) is 8.55. The third-order valence-electron chi connectivity index (χ3n) is 6.31. The van der Waals surface area contributed by atoms with Crippen LogP contribution in [0.25, 0.3) is 33.7 Å². The highest BCUT2D eigenvalue weighted by atomic mass is 15.2. The Labute approximate surface area is 184 Å². The Balaban J connectivity index is 1.50. The Morgan fingerprint density at radius 3 is 2.58 bits per heavy atom. The van der Waals surface area contributed by atoms with Crippen LogP contribution in [0.5, 0.6) is 0 Å². The third-order valence-corrected chi connectivity index (χ3v) is 6.31. The smallest absolute Gasteiger partial charge is 0.160 e. The van der Waals surface area contributed by atoms with Gasteiger partial charge in [-0.3, -0.25) is 0 Å². The quantitative estimate of drug-likeness (QED) is 0.425. The van der Waals surface area contributed by atoms with Crippen LogP contribution in [0.1, 0.15) is 31.0 Å². The number of hydrogen-bond acceptors (Lipinski definition) is 4. The molecule has 1 saturated heterocycles. The standard InChI is InChI=1S/C27H28N4/c1-19-18-25(30-27(28-19)23-9-4-3-5-10-23)24-14-13-21-11-6-12-22(26(21)29-24)15-17-31-16-7-8-20(31)2/h3-6,9-14,18,20H,7-8,15-17H2,1-2H3/t20-/m1/s1. The molecule has 1 aliphatic rings. The molecule has 4 nitrogen and oxygen atoms in total. The van der Waals surface area contributed by atoms with E-state index in [1.165, 1.54) is 30.3 Å². The summed E-state index contributed by atoms with van der Waals surface area (Å²) in [6.07, 6.45) is 3.65. The minimum Gasteiger partial charge on any atom is -0.300 e. The van der Waals surface area contributed by atoms with Crippen molar-refractivity contribution in [2.45, 2.75) is 39.2 Å². The molecular weight excluding hydrogens is 380 g/mol. The molecule has 1 fully saturated rings. The van der Waals surface area contributed by atoms with E-state index in [-0.39, 0.29) is 0 Å². The first-order valence-electron chi connectivity index (χ1n) is 11.2. The van der Waals surface area contributed by atoms with E-state index in [1.54, 1.807) is 0 Å². The lowest BCUT2D eigenvalue weighted by atomic mass is 10.1. The molecule has 31 heavy (non-hydrogen) atoms. The molecule has 0 bridgehead atoms. The van der Waals surface area contributed by atoms with Crippen LogP contribution in [-0.4, -0.2) is 39.0 Å². The molecule has 1 aliphatic heterocycles. The van der Waals surface area contributed by atoms with Crippen molar-refractivity contribution in [1.29, 1.82) is 0 Å². The third kappa shape index (κ3) is 4.21. The predicted octanol–water partition coefficient (Wildman–Crippen LogP) is 5.69. The van der Waals surface area contributed by atoms with Gasteiger partial charge in [0.1, 0.15) is 0 Å². The number of aryl methyl sites for hydroxylation is 1. The predicted molar refractivity (Wildman–Crippen MR) is 127 cm³/mol. The molecule has 2 aromatic heterocycles. The fourth-order valence-electron chi connectivity index (χ4n) is 4.56. The number of hydrogen-bond donors (Lipinski definition) is 0. The van der Waals surface area contributed by atoms with Crippen LogP contribution in [0.15, 0.2) is 66.7 Å². The van der Waals surface area contributed by atoms with Gasteiger partial charge in [-0.05, 0) is 57.4 Å². The molecule has 4 aromatic rings. The number of rotatable bonds is 5. The average Bonchev–Trinajstić information content (AvgIpc) is 3.22. The van der Waals surface area contributed by atoms with E-state index in [0.717, 1.165) is 47.0 Å².